The maximum atomic E-state index is 9.67. The summed E-state index contributed by atoms with van der Waals surface area (Å²) in [5.74, 6) is -3.42. The molecule has 1 aromatic carbocycles. The van der Waals surface area contributed by atoms with Crippen molar-refractivity contribution in [1.82, 2.24) is 0 Å². The standard InChI is InChI=1S/C10H12O4/c11-7-10(13)9(12,14-10)6-8-4-2-1-3-5-8/h1-5,11-13H,6-7H2. The van der Waals surface area contributed by atoms with E-state index in [9.17, 15) is 10.2 Å². The van der Waals surface area contributed by atoms with Gasteiger partial charge in [0.05, 0.1) is 0 Å². The fraction of sp³-hybridized carbons (Fsp3) is 0.400. The Balaban J connectivity index is 2.07. The molecular weight excluding hydrogens is 184 g/mol. The Morgan fingerprint density at radius 3 is 2.21 bits per heavy atom. The molecule has 1 heterocycles. The van der Waals surface area contributed by atoms with Crippen LogP contribution in [0.25, 0.3) is 0 Å². The van der Waals surface area contributed by atoms with E-state index in [2.05, 4.69) is 0 Å². The van der Waals surface area contributed by atoms with E-state index >= 15 is 0 Å². The molecule has 76 valence electrons. The molecule has 4 nitrogen and oxygen atoms in total. The highest BCUT2D eigenvalue weighted by Gasteiger charge is 2.69. The fourth-order valence-corrected chi connectivity index (χ4v) is 1.46. The summed E-state index contributed by atoms with van der Waals surface area (Å²) in [7, 11) is 0. The topological polar surface area (TPSA) is 73.2 Å². The van der Waals surface area contributed by atoms with Crippen molar-refractivity contribution < 1.29 is 20.1 Å². The zero-order valence-corrected chi connectivity index (χ0v) is 7.55. The van der Waals surface area contributed by atoms with E-state index in [4.69, 9.17) is 9.84 Å². The maximum Gasteiger partial charge on any atom is 0.248 e. The van der Waals surface area contributed by atoms with Gasteiger partial charge < -0.3 is 20.1 Å². The van der Waals surface area contributed by atoms with Crippen LogP contribution in [0, 0.1) is 0 Å². The van der Waals surface area contributed by atoms with E-state index in [1.165, 1.54) is 0 Å². The number of aliphatic hydroxyl groups excluding tert-OH is 1. The predicted molar refractivity (Wildman–Crippen MR) is 48.2 cm³/mol. The van der Waals surface area contributed by atoms with Gasteiger partial charge in [-0.1, -0.05) is 30.3 Å². The van der Waals surface area contributed by atoms with Crippen LogP contribution in [0.2, 0.25) is 0 Å². The first kappa shape index (κ1) is 9.61. The van der Waals surface area contributed by atoms with Gasteiger partial charge in [0.15, 0.2) is 0 Å². The van der Waals surface area contributed by atoms with Crippen LogP contribution in [0.5, 0.6) is 0 Å². The van der Waals surface area contributed by atoms with E-state index in [0.717, 1.165) is 5.56 Å². The number of aliphatic hydroxyl groups is 3. The lowest BCUT2D eigenvalue weighted by atomic mass is 10.0. The third-order valence-electron chi connectivity index (χ3n) is 2.41. The van der Waals surface area contributed by atoms with Crippen LogP contribution in [0.15, 0.2) is 30.3 Å². The quantitative estimate of drug-likeness (QED) is 0.577. The van der Waals surface area contributed by atoms with E-state index in [-0.39, 0.29) is 6.42 Å². The minimum Gasteiger partial charge on any atom is -0.391 e. The molecule has 0 amide bonds. The van der Waals surface area contributed by atoms with E-state index in [1.54, 1.807) is 0 Å². The van der Waals surface area contributed by atoms with Gasteiger partial charge in [-0.15, -0.1) is 0 Å². The first-order chi connectivity index (χ1) is 6.60. The molecule has 4 heteroatoms. The van der Waals surface area contributed by atoms with Gasteiger partial charge in [-0.05, 0) is 5.56 Å². The van der Waals surface area contributed by atoms with E-state index in [0.29, 0.717) is 0 Å². The Hall–Kier alpha value is -0.940. The first-order valence-corrected chi connectivity index (χ1v) is 4.39. The Labute approximate surface area is 81.4 Å². The smallest absolute Gasteiger partial charge is 0.248 e. The van der Waals surface area contributed by atoms with Crippen molar-refractivity contribution in [3.05, 3.63) is 35.9 Å². The maximum absolute atomic E-state index is 9.67. The molecule has 1 fully saturated rings. The molecule has 0 saturated carbocycles. The van der Waals surface area contributed by atoms with Crippen molar-refractivity contribution in [2.75, 3.05) is 6.61 Å². The van der Waals surface area contributed by atoms with Crippen LogP contribution < -0.4 is 0 Å². The normalized spacial score (nSPS) is 35.6. The molecule has 0 aliphatic carbocycles. The molecule has 0 radical (unpaired) electrons. The van der Waals surface area contributed by atoms with Crippen LogP contribution in [0.1, 0.15) is 5.56 Å². The Bertz CT molecular complexity index is 326. The molecule has 0 bridgehead atoms. The van der Waals surface area contributed by atoms with Crippen molar-refractivity contribution in [2.45, 2.75) is 18.0 Å². The molecule has 1 aliphatic rings. The average Bonchev–Trinajstić information content (AvgIpc) is 2.71. The van der Waals surface area contributed by atoms with Crippen molar-refractivity contribution in [3.8, 4) is 0 Å². The zero-order chi connectivity index (χ0) is 10.2. The molecule has 2 unspecified atom stereocenters. The summed E-state index contributed by atoms with van der Waals surface area (Å²) in [6.07, 6.45) is 0.172. The second-order valence-electron chi connectivity index (χ2n) is 3.49. The molecule has 3 N–H and O–H groups in total. The van der Waals surface area contributed by atoms with Crippen molar-refractivity contribution in [3.63, 3.8) is 0 Å². The molecule has 0 spiro atoms. The first-order valence-electron chi connectivity index (χ1n) is 4.39. The lowest BCUT2D eigenvalue weighted by Crippen LogP contribution is -2.30. The number of rotatable bonds is 3. The van der Waals surface area contributed by atoms with Gasteiger partial charge in [0, 0.05) is 6.42 Å². The molecule has 1 aromatic rings. The lowest BCUT2D eigenvalue weighted by Gasteiger charge is -2.07. The van der Waals surface area contributed by atoms with Crippen LogP contribution in [-0.4, -0.2) is 33.5 Å². The van der Waals surface area contributed by atoms with Gasteiger partial charge in [0.25, 0.3) is 0 Å². The Kier molecular flexibility index (Phi) is 2.08. The van der Waals surface area contributed by atoms with Gasteiger partial charge in [0.2, 0.25) is 11.6 Å². The minimum atomic E-state index is -1.79. The third kappa shape index (κ3) is 1.42. The number of benzene rings is 1. The summed E-state index contributed by atoms with van der Waals surface area (Å²) in [4.78, 5) is 0. The molecule has 2 rings (SSSR count). The molecular formula is C10H12O4. The summed E-state index contributed by atoms with van der Waals surface area (Å²) >= 11 is 0. The third-order valence-corrected chi connectivity index (χ3v) is 2.41. The molecule has 14 heavy (non-hydrogen) atoms. The average molecular weight is 196 g/mol. The highest BCUT2D eigenvalue weighted by Crippen LogP contribution is 2.45. The highest BCUT2D eigenvalue weighted by molar-refractivity contribution is 5.19. The number of ether oxygens (including phenoxy) is 1. The van der Waals surface area contributed by atoms with Crippen LogP contribution >= 0.6 is 0 Å². The van der Waals surface area contributed by atoms with Crippen LogP contribution in [0.3, 0.4) is 0 Å². The molecule has 1 saturated heterocycles. The molecule has 0 aromatic heterocycles. The van der Waals surface area contributed by atoms with Gasteiger partial charge >= 0.3 is 0 Å². The lowest BCUT2D eigenvalue weighted by molar-refractivity contribution is -0.0225. The van der Waals surface area contributed by atoms with Crippen molar-refractivity contribution >= 4 is 0 Å². The Morgan fingerprint density at radius 2 is 1.71 bits per heavy atom. The van der Waals surface area contributed by atoms with Gasteiger partial charge in [-0.2, -0.15) is 0 Å². The van der Waals surface area contributed by atoms with Crippen molar-refractivity contribution in [2.24, 2.45) is 0 Å². The van der Waals surface area contributed by atoms with Gasteiger partial charge in [0.1, 0.15) is 6.61 Å². The summed E-state index contributed by atoms with van der Waals surface area (Å²) in [6, 6.07) is 9.16. The summed E-state index contributed by atoms with van der Waals surface area (Å²) < 4.78 is 4.71. The minimum absolute atomic E-state index is 0.172. The molecule has 2 atom stereocenters. The van der Waals surface area contributed by atoms with Crippen LogP contribution in [-0.2, 0) is 11.2 Å². The SMILES string of the molecule is OCC1(O)OC1(O)Cc1ccccc1. The van der Waals surface area contributed by atoms with E-state index < -0.39 is 18.2 Å². The number of epoxide rings is 1. The zero-order valence-electron chi connectivity index (χ0n) is 7.55. The number of hydrogen-bond donors (Lipinski definition) is 3. The summed E-state index contributed by atoms with van der Waals surface area (Å²) in [6.45, 7) is -0.601. The number of hydrogen-bond acceptors (Lipinski definition) is 4. The van der Waals surface area contributed by atoms with Crippen LogP contribution in [0.4, 0.5) is 0 Å². The highest BCUT2D eigenvalue weighted by atomic mass is 16.8. The van der Waals surface area contributed by atoms with Gasteiger partial charge in [-0.25, -0.2) is 0 Å². The summed E-state index contributed by atoms with van der Waals surface area (Å²) in [5, 5.41) is 27.8. The Morgan fingerprint density at radius 1 is 1.07 bits per heavy atom. The summed E-state index contributed by atoms with van der Waals surface area (Å²) in [5.41, 5.74) is 0.847. The second-order valence-corrected chi connectivity index (χ2v) is 3.49. The van der Waals surface area contributed by atoms with Crippen molar-refractivity contribution in [1.29, 1.82) is 0 Å². The van der Waals surface area contributed by atoms with Gasteiger partial charge in [-0.3, -0.25) is 0 Å². The predicted octanol–water partition coefficient (Wildman–Crippen LogP) is -0.371. The monoisotopic (exact) mass is 196 g/mol. The van der Waals surface area contributed by atoms with E-state index in [1.807, 2.05) is 30.3 Å². The fourth-order valence-electron chi connectivity index (χ4n) is 1.46. The second kappa shape index (κ2) is 3.03. The molecule has 1 aliphatic heterocycles. The largest absolute Gasteiger partial charge is 0.391 e.